The van der Waals surface area contributed by atoms with Gasteiger partial charge < -0.3 is 5.73 Å². The minimum atomic E-state index is -4.03. The summed E-state index contributed by atoms with van der Waals surface area (Å²) < 4.78 is 53.3. The molecule has 0 spiro atoms. The van der Waals surface area contributed by atoms with Crippen molar-refractivity contribution in [2.24, 2.45) is 5.73 Å². The number of hydrogen-bond acceptors (Lipinski definition) is 3. The van der Waals surface area contributed by atoms with Crippen LogP contribution in [0.4, 0.5) is 14.5 Å². The number of hydrogen-bond donors (Lipinski definition) is 2. The Hall–Kier alpha value is -1.99. The van der Waals surface area contributed by atoms with E-state index in [0.29, 0.717) is 11.1 Å². The smallest absolute Gasteiger partial charge is 0.262 e. The van der Waals surface area contributed by atoms with Gasteiger partial charge in [0.2, 0.25) is 0 Å². The summed E-state index contributed by atoms with van der Waals surface area (Å²) >= 11 is 0. The second-order valence-corrected chi connectivity index (χ2v) is 6.18. The van der Waals surface area contributed by atoms with Gasteiger partial charge in [-0.1, -0.05) is 12.1 Å². The maximum Gasteiger partial charge on any atom is 0.262 e. The standard InChI is InChI=1S/C14H14F2N2O2S/c1-9-2-3-10(8-17)6-14(9)21(19,20)18-13-7-11(15)4-5-12(13)16/h2-7,18H,8,17H2,1H3. The summed E-state index contributed by atoms with van der Waals surface area (Å²) in [5, 5.41) is 0. The number of nitrogens with one attached hydrogen (secondary N) is 1. The lowest BCUT2D eigenvalue weighted by Gasteiger charge is -2.12. The summed E-state index contributed by atoms with van der Waals surface area (Å²) in [4.78, 5) is -0.0193. The third kappa shape index (κ3) is 3.37. The fourth-order valence-electron chi connectivity index (χ4n) is 1.84. The molecule has 0 aliphatic heterocycles. The first kappa shape index (κ1) is 15.4. The zero-order chi connectivity index (χ0) is 15.6. The van der Waals surface area contributed by atoms with Gasteiger partial charge in [0.1, 0.15) is 11.6 Å². The monoisotopic (exact) mass is 312 g/mol. The maximum atomic E-state index is 13.5. The van der Waals surface area contributed by atoms with E-state index in [1.807, 2.05) is 0 Å². The van der Waals surface area contributed by atoms with Crippen LogP contribution in [0.25, 0.3) is 0 Å². The highest BCUT2D eigenvalue weighted by molar-refractivity contribution is 7.92. The van der Waals surface area contributed by atoms with Crippen molar-refractivity contribution in [2.45, 2.75) is 18.4 Å². The van der Waals surface area contributed by atoms with E-state index < -0.39 is 27.3 Å². The molecule has 4 nitrogen and oxygen atoms in total. The van der Waals surface area contributed by atoms with E-state index >= 15 is 0 Å². The van der Waals surface area contributed by atoms with Crippen LogP contribution in [0.15, 0.2) is 41.3 Å². The van der Waals surface area contributed by atoms with E-state index in [1.54, 1.807) is 19.1 Å². The molecule has 112 valence electrons. The summed E-state index contributed by atoms with van der Waals surface area (Å²) in [5.41, 5.74) is 6.15. The number of sulfonamides is 1. The van der Waals surface area contributed by atoms with E-state index in [0.717, 1.165) is 18.2 Å². The number of anilines is 1. The molecule has 0 amide bonds. The van der Waals surface area contributed by atoms with Crippen LogP contribution >= 0.6 is 0 Å². The Morgan fingerprint density at radius 2 is 1.86 bits per heavy atom. The van der Waals surface area contributed by atoms with Crippen LogP contribution in [-0.2, 0) is 16.6 Å². The van der Waals surface area contributed by atoms with Crippen LogP contribution in [0.1, 0.15) is 11.1 Å². The summed E-state index contributed by atoms with van der Waals surface area (Å²) in [5.74, 6) is -1.59. The molecule has 0 fully saturated rings. The van der Waals surface area contributed by atoms with Gasteiger partial charge in [0.05, 0.1) is 10.6 Å². The van der Waals surface area contributed by atoms with Gasteiger partial charge in [-0.25, -0.2) is 17.2 Å². The Kier molecular flexibility index (Phi) is 4.24. The molecule has 0 aromatic heterocycles. The summed E-state index contributed by atoms with van der Waals surface area (Å²) in [6.07, 6.45) is 0. The predicted molar refractivity (Wildman–Crippen MR) is 76.2 cm³/mol. The minimum Gasteiger partial charge on any atom is -0.326 e. The van der Waals surface area contributed by atoms with E-state index in [2.05, 4.69) is 4.72 Å². The van der Waals surface area contributed by atoms with Crippen LogP contribution in [0.3, 0.4) is 0 Å². The van der Waals surface area contributed by atoms with E-state index in [1.165, 1.54) is 6.07 Å². The molecule has 0 atom stereocenters. The second kappa shape index (κ2) is 5.79. The van der Waals surface area contributed by atoms with Gasteiger partial charge in [0.15, 0.2) is 0 Å². The fourth-order valence-corrected chi connectivity index (χ4v) is 3.19. The van der Waals surface area contributed by atoms with Crippen LogP contribution in [0.5, 0.6) is 0 Å². The highest BCUT2D eigenvalue weighted by atomic mass is 32.2. The van der Waals surface area contributed by atoms with Crippen molar-refractivity contribution in [3.8, 4) is 0 Å². The molecule has 2 aromatic rings. The van der Waals surface area contributed by atoms with Crippen molar-refractivity contribution in [3.05, 3.63) is 59.2 Å². The molecule has 3 N–H and O–H groups in total. The molecule has 0 aliphatic carbocycles. The number of nitrogens with two attached hydrogens (primary N) is 1. The summed E-state index contributed by atoms with van der Waals surface area (Å²) in [6.45, 7) is 1.79. The zero-order valence-corrected chi connectivity index (χ0v) is 12.0. The third-order valence-electron chi connectivity index (χ3n) is 2.95. The SMILES string of the molecule is Cc1ccc(CN)cc1S(=O)(=O)Nc1cc(F)ccc1F. The molecular weight excluding hydrogens is 298 g/mol. The van der Waals surface area contributed by atoms with Crippen LogP contribution in [0, 0.1) is 18.6 Å². The normalized spacial score (nSPS) is 11.4. The third-order valence-corrected chi connectivity index (χ3v) is 4.46. The van der Waals surface area contributed by atoms with Gasteiger partial charge in [0, 0.05) is 12.6 Å². The number of benzene rings is 2. The van der Waals surface area contributed by atoms with Gasteiger partial charge in [-0.3, -0.25) is 4.72 Å². The molecule has 7 heteroatoms. The van der Waals surface area contributed by atoms with Gasteiger partial charge in [-0.05, 0) is 36.2 Å². The fraction of sp³-hybridized carbons (Fsp3) is 0.143. The van der Waals surface area contributed by atoms with Crippen molar-refractivity contribution in [3.63, 3.8) is 0 Å². The molecule has 0 aliphatic rings. The summed E-state index contributed by atoms with van der Waals surface area (Å²) in [6, 6.07) is 7.28. The molecule has 0 saturated heterocycles. The van der Waals surface area contributed by atoms with Crippen molar-refractivity contribution in [1.29, 1.82) is 0 Å². The highest BCUT2D eigenvalue weighted by Gasteiger charge is 2.19. The largest absolute Gasteiger partial charge is 0.326 e. The molecular formula is C14H14F2N2O2S. The van der Waals surface area contributed by atoms with Gasteiger partial charge in [-0.15, -0.1) is 0 Å². The van der Waals surface area contributed by atoms with Gasteiger partial charge >= 0.3 is 0 Å². The molecule has 0 heterocycles. The van der Waals surface area contributed by atoms with Gasteiger partial charge in [0.25, 0.3) is 10.0 Å². The number of aryl methyl sites for hydroxylation is 1. The first-order valence-electron chi connectivity index (χ1n) is 6.11. The lowest BCUT2D eigenvalue weighted by Crippen LogP contribution is -2.16. The Morgan fingerprint density at radius 1 is 1.14 bits per heavy atom. The Balaban J connectivity index is 2.45. The van der Waals surface area contributed by atoms with Crippen molar-refractivity contribution < 1.29 is 17.2 Å². The minimum absolute atomic E-state index is 0.0193. The molecule has 2 aromatic carbocycles. The van der Waals surface area contributed by atoms with Crippen molar-refractivity contribution in [1.82, 2.24) is 0 Å². The Bertz CT molecular complexity index is 777. The van der Waals surface area contributed by atoms with Crippen molar-refractivity contribution >= 4 is 15.7 Å². The molecule has 2 rings (SSSR count). The molecule has 0 radical (unpaired) electrons. The quantitative estimate of drug-likeness (QED) is 0.911. The lowest BCUT2D eigenvalue weighted by atomic mass is 10.1. The highest BCUT2D eigenvalue weighted by Crippen LogP contribution is 2.23. The predicted octanol–water partition coefficient (Wildman–Crippen LogP) is 2.53. The first-order chi connectivity index (χ1) is 9.83. The molecule has 0 bridgehead atoms. The summed E-state index contributed by atoms with van der Waals surface area (Å²) in [7, 11) is -4.03. The van der Waals surface area contributed by atoms with Crippen LogP contribution in [0.2, 0.25) is 0 Å². The molecule has 0 saturated carbocycles. The number of halogens is 2. The zero-order valence-electron chi connectivity index (χ0n) is 11.2. The Labute approximate surface area is 121 Å². The van der Waals surface area contributed by atoms with Gasteiger partial charge in [-0.2, -0.15) is 0 Å². The first-order valence-corrected chi connectivity index (χ1v) is 7.59. The van der Waals surface area contributed by atoms with E-state index in [9.17, 15) is 17.2 Å². The van der Waals surface area contributed by atoms with E-state index in [-0.39, 0.29) is 11.4 Å². The maximum absolute atomic E-state index is 13.5. The topological polar surface area (TPSA) is 72.2 Å². The van der Waals surface area contributed by atoms with Crippen LogP contribution < -0.4 is 10.5 Å². The van der Waals surface area contributed by atoms with E-state index in [4.69, 9.17) is 5.73 Å². The molecule has 0 unspecified atom stereocenters. The lowest BCUT2D eigenvalue weighted by molar-refractivity contribution is 0.594. The Morgan fingerprint density at radius 3 is 2.52 bits per heavy atom. The number of rotatable bonds is 4. The molecule has 21 heavy (non-hydrogen) atoms. The second-order valence-electron chi connectivity index (χ2n) is 4.53. The average molecular weight is 312 g/mol. The van der Waals surface area contributed by atoms with Crippen molar-refractivity contribution in [2.75, 3.05) is 4.72 Å². The average Bonchev–Trinajstić information content (AvgIpc) is 2.43. The van der Waals surface area contributed by atoms with Crippen LogP contribution in [-0.4, -0.2) is 8.42 Å².